The quantitative estimate of drug-likeness (QED) is 0.360. The second-order valence-corrected chi connectivity index (χ2v) is 14.5. The van der Waals surface area contributed by atoms with Crippen LogP contribution in [-0.4, -0.2) is 47.9 Å². The van der Waals surface area contributed by atoms with Crippen molar-refractivity contribution in [3.8, 4) is 0 Å². The van der Waals surface area contributed by atoms with Crippen LogP contribution >= 0.6 is 0 Å². The molecule has 196 valence electrons. The van der Waals surface area contributed by atoms with Crippen molar-refractivity contribution in [2.45, 2.75) is 57.6 Å². The van der Waals surface area contributed by atoms with Crippen molar-refractivity contribution in [1.82, 2.24) is 9.55 Å². The molecule has 0 saturated carbocycles. The largest absolute Gasteiger partial charge is 0.506 e. The fourth-order valence-corrected chi connectivity index (χ4v) is 9.61. The van der Waals surface area contributed by atoms with Crippen molar-refractivity contribution >= 4 is 24.8 Å². The minimum atomic E-state index is -2.91. The van der Waals surface area contributed by atoms with E-state index < -0.39 is 44.2 Å². The number of hydrogen-bond donors (Lipinski definition) is 2. The molecule has 4 rings (SSSR count). The maximum absolute atomic E-state index is 12.5. The molecule has 2 N–H and O–H groups in total. The molecule has 3 aromatic rings. The minimum Gasteiger partial charge on any atom is -0.450 e. The van der Waals surface area contributed by atoms with Gasteiger partial charge < -0.3 is 19.0 Å². The van der Waals surface area contributed by atoms with Gasteiger partial charge in [-0.3, -0.25) is 14.3 Å². The number of ether oxygens (including phenoxy) is 2. The molecule has 9 nitrogen and oxygen atoms in total. The van der Waals surface area contributed by atoms with Crippen molar-refractivity contribution in [3.05, 3.63) is 93.3 Å². The third-order valence-corrected chi connectivity index (χ3v) is 11.8. The number of aromatic nitrogens is 2. The SMILES string of the molecule is Cc1cn([C@H]2C[C@H](OC(=O)O)[C@@H](CO[Si](c3ccccc3)(c3ccccc3)C(C)(C)C)O2)c(=O)[nH]c1=O. The highest BCUT2D eigenvalue weighted by molar-refractivity contribution is 6.99. The number of carbonyl (C=O) groups is 1. The van der Waals surface area contributed by atoms with Crippen molar-refractivity contribution in [1.29, 1.82) is 0 Å². The normalized spacial score (nSPS) is 20.1. The van der Waals surface area contributed by atoms with Crippen molar-refractivity contribution < 1.29 is 23.8 Å². The van der Waals surface area contributed by atoms with Crippen LogP contribution in [0, 0.1) is 6.92 Å². The first-order chi connectivity index (χ1) is 17.5. The van der Waals surface area contributed by atoms with Gasteiger partial charge in [-0.15, -0.1) is 0 Å². The second kappa shape index (κ2) is 10.5. The second-order valence-electron chi connectivity index (χ2n) is 10.2. The van der Waals surface area contributed by atoms with Crippen molar-refractivity contribution in [2.24, 2.45) is 0 Å². The molecule has 1 aliphatic rings. The third kappa shape index (κ3) is 5.31. The monoisotopic (exact) mass is 524 g/mol. The van der Waals surface area contributed by atoms with Gasteiger partial charge in [0.2, 0.25) is 0 Å². The van der Waals surface area contributed by atoms with Gasteiger partial charge in [-0.1, -0.05) is 81.4 Å². The summed E-state index contributed by atoms with van der Waals surface area (Å²) in [6.07, 6.45) is -2.36. The fraction of sp³-hybridized carbons (Fsp3) is 0.370. The van der Waals surface area contributed by atoms with Crippen LogP contribution in [-0.2, 0) is 13.9 Å². The van der Waals surface area contributed by atoms with Crippen LogP contribution in [0.1, 0.15) is 39.0 Å². The summed E-state index contributed by atoms with van der Waals surface area (Å²) in [4.78, 5) is 38.1. The van der Waals surface area contributed by atoms with Crippen LogP contribution in [0.5, 0.6) is 0 Å². The number of nitrogens with zero attached hydrogens (tertiary/aromatic N) is 1. The average Bonchev–Trinajstić information content (AvgIpc) is 3.24. The van der Waals surface area contributed by atoms with E-state index in [1.807, 2.05) is 36.4 Å². The van der Waals surface area contributed by atoms with Gasteiger partial charge in [0.1, 0.15) is 18.4 Å². The molecule has 2 heterocycles. The summed E-state index contributed by atoms with van der Waals surface area (Å²) in [7, 11) is -2.91. The molecule has 0 radical (unpaired) electrons. The van der Waals surface area contributed by atoms with E-state index in [4.69, 9.17) is 13.9 Å². The van der Waals surface area contributed by atoms with E-state index >= 15 is 0 Å². The summed E-state index contributed by atoms with van der Waals surface area (Å²) in [5, 5.41) is 11.2. The number of nitrogens with one attached hydrogen (secondary N) is 1. The zero-order valence-corrected chi connectivity index (χ0v) is 22.3. The molecule has 37 heavy (non-hydrogen) atoms. The Bertz CT molecular complexity index is 1310. The summed E-state index contributed by atoms with van der Waals surface area (Å²) in [5.74, 6) is 0. The van der Waals surface area contributed by atoms with Gasteiger partial charge in [-0.25, -0.2) is 9.59 Å². The first-order valence-electron chi connectivity index (χ1n) is 12.1. The van der Waals surface area contributed by atoms with Crippen LogP contribution in [0.15, 0.2) is 76.4 Å². The van der Waals surface area contributed by atoms with Gasteiger partial charge in [0.25, 0.3) is 13.9 Å². The third-order valence-electron chi connectivity index (χ3n) is 6.77. The number of rotatable bonds is 7. The summed E-state index contributed by atoms with van der Waals surface area (Å²) < 4.78 is 19.5. The Morgan fingerprint density at radius 1 is 1.08 bits per heavy atom. The molecular formula is C27H32N2O7Si. The maximum Gasteiger partial charge on any atom is 0.506 e. The van der Waals surface area contributed by atoms with Crippen LogP contribution in [0.2, 0.25) is 5.04 Å². The minimum absolute atomic E-state index is 0.0544. The standard InChI is InChI=1S/C27H32N2O7Si/c1-18-16-29(25(31)28-24(18)30)23-15-21(36-26(32)33)22(35-23)17-34-37(27(2,3)4,19-11-7-5-8-12-19)20-13-9-6-10-14-20/h5-14,16,21-23H,15,17H2,1-4H3,(H,32,33)(H,28,30,31)/t21-,22+,23+/m0/s1. The van der Waals surface area contributed by atoms with E-state index in [0.717, 1.165) is 10.4 Å². The number of aryl methyl sites for hydroxylation is 1. The van der Waals surface area contributed by atoms with Gasteiger partial charge in [-0.2, -0.15) is 0 Å². The van der Waals surface area contributed by atoms with E-state index in [1.54, 1.807) is 6.92 Å². The zero-order valence-electron chi connectivity index (χ0n) is 21.3. The number of aromatic amines is 1. The summed E-state index contributed by atoms with van der Waals surface area (Å²) in [6.45, 7) is 8.07. The lowest BCUT2D eigenvalue weighted by molar-refractivity contribution is -0.0506. The lowest BCUT2D eigenvalue weighted by atomic mass is 10.2. The molecule has 10 heteroatoms. The molecule has 1 fully saturated rings. The Balaban J connectivity index is 1.71. The first kappa shape index (κ1) is 26.6. The molecule has 3 atom stereocenters. The average molecular weight is 525 g/mol. The predicted molar refractivity (Wildman–Crippen MR) is 141 cm³/mol. The Morgan fingerprint density at radius 2 is 1.65 bits per heavy atom. The number of carboxylic acid groups (broad SMARTS) is 1. The lowest BCUT2D eigenvalue weighted by Crippen LogP contribution is -2.67. The van der Waals surface area contributed by atoms with Crippen LogP contribution in [0.3, 0.4) is 0 Å². The molecule has 1 aromatic heterocycles. The van der Waals surface area contributed by atoms with E-state index in [0.29, 0.717) is 5.56 Å². The van der Waals surface area contributed by atoms with Crippen molar-refractivity contribution in [3.63, 3.8) is 0 Å². The molecule has 1 saturated heterocycles. The Labute approximate surface area is 215 Å². The van der Waals surface area contributed by atoms with Gasteiger partial charge in [-0.05, 0) is 22.3 Å². The molecule has 0 spiro atoms. The highest BCUT2D eigenvalue weighted by Crippen LogP contribution is 2.38. The molecule has 0 unspecified atom stereocenters. The number of H-pyrrole nitrogens is 1. The molecular weight excluding hydrogens is 492 g/mol. The Kier molecular flexibility index (Phi) is 7.53. The van der Waals surface area contributed by atoms with Crippen LogP contribution in [0.25, 0.3) is 0 Å². The Hall–Kier alpha value is -3.47. The van der Waals surface area contributed by atoms with E-state index in [9.17, 15) is 19.5 Å². The summed E-state index contributed by atoms with van der Waals surface area (Å²) in [6, 6.07) is 20.1. The maximum atomic E-state index is 12.5. The number of benzene rings is 2. The van der Waals surface area contributed by atoms with E-state index in [2.05, 4.69) is 50.0 Å². The number of hydrogen-bond acceptors (Lipinski definition) is 6. The first-order valence-corrected chi connectivity index (χ1v) is 14.1. The van der Waals surface area contributed by atoms with E-state index in [-0.39, 0.29) is 18.1 Å². The smallest absolute Gasteiger partial charge is 0.450 e. The molecule has 2 aromatic carbocycles. The van der Waals surface area contributed by atoms with Crippen LogP contribution in [0.4, 0.5) is 4.79 Å². The van der Waals surface area contributed by atoms with Gasteiger partial charge in [0.05, 0.1) is 6.61 Å². The highest BCUT2D eigenvalue weighted by Gasteiger charge is 2.51. The lowest BCUT2D eigenvalue weighted by Gasteiger charge is -2.43. The van der Waals surface area contributed by atoms with Gasteiger partial charge in [0, 0.05) is 18.2 Å². The summed E-state index contributed by atoms with van der Waals surface area (Å²) >= 11 is 0. The predicted octanol–water partition coefficient (Wildman–Crippen LogP) is 2.77. The van der Waals surface area contributed by atoms with Gasteiger partial charge in [0.15, 0.2) is 0 Å². The van der Waals surface area contributed by atoms with Gasteiger partial charge >= 0.3 is 11.8 Å². The zero-order chi connectivity index (χ0) is 26.8. The van der Waals surface area contributed by atoms with Crippen LogP contribution < -0.4 is 21.6 Å². The fourth-order valence-electron chi connectivity index (χ4n) is 5.04. The summed E-state index contributed by atoms with van der Waals surface area (Å²) in [5.41, 5.74) is -0.779. The molecule has 1 aliphatic heterocycles. The topological polar surface area (TPSA) is 120 Å². The highest BCUT2D eigenvalue weighted by atomic mass is 28.4. The van der Waals surface area contributed by atoms with Crippen molar-refractivity contribution in [2.75, 3.05) is 6.61 Å². The Morgan fingerprint density at radius 3 is 2.16 bits per heavy atom. The molecule has 0 bridgehead atoms. The molecule has 0 aliphatic carbocycles. The van der Waals surface area contributed by atoms with E-state index in [1.165, 1.54) is 10.8 Å². The molecule has 0 amide bonds.